The number of methoxy groups -OCH3 is 2. The van der Waals surface area contributed by atoms with E-state index < -0.39 is 11.7 Å². The smallest absolute Gasteiger partial charge is 0.257 e. The Morgan fingerprint density at radius 1 is 1.22 bits per heavy atom. The van der Waals surface area contributed by atoms with Gasteiger partial charge >= 0.3 is 0 Å². The van der Waals surface area contributed by atoms with Crippen LogP contribution < -0.4 is 14.8 Å². The highest BCUT2D eigenvalue weighted by atomic mass is 32.1. The number of rotatable bonds is 4. The lowest BCUT2D eigenvalue weighted by Crippen LogP contribution is -2.11. The van der Waals surface area contributed by atoms with Gasteiger partial charge in [-0.2, -0.15) is 0 Å². The first-order valence-corrected chi connectivity index (χ1v) is 7.52. The van der Waals surface area contributed by atoms with E-state index in [4.69, 9.17) is 9.47 Å². The average molecular weight is 332 g/mol. The van der Waals surface area contributed by atoms with Gasteiger partial charge in [-0.25, -0.2) is 9.37 Å². The third-order valence-electron chi connectivity index (χ3n) is 3.20. The van der Waals surface area contributed by atoms with E-state index in [-0.39, 0.29) is 5.56 Å². The van der Waals surface area contributed by atoms with Crippen molar-refractivity contribution in [2.24, 2.45) is 0 Å². The number of fused-ring (bicyclic) bond motifs is 1. The number of nitrogens with zero attached hydrogens (tertiary/aromatic N) is 1. The largest absolute Gasteiger partial charge is 0.497 e. The van der Waals surface area contributed by atoms with Crippen molar-refractivity contribution >= 4 is 32.6 Å². The zero-order valence-corrected chi connectivity index (χ0v) is 13.2. The Morgan fingerprint density at radius 3 is 2.74 bits per heavy atom. The van der Waals surface area contributed by atoms with Gasteiger partial charge in [-0.3, -0.25) is 10.1 Å². The van der Waals surface area contributed by atoms with Gasteiger partial charge in [0.05, 0.1) is 18.9 Å². The maximum absolute atomic E-state index is 13.2. The van der Waals surface area contributed by atoms with E-state index in [9.17, 15) is 9.18 Å². The second-order valence-electron chi connectivity index (χ2n) is 4.66. The van der Waals surface area contributed by atoms with Crippen LogP contribution in [0.4, 0.5) is 9.52 Å². The number of halogens is 1. The highest BCUT2D eigenvalue weighted by Crippen LogP contribution is 2.36. The molecule has 3 aromatic rings. The summed E-state index contributed by atoms with van der Waals surface area (Å²) in [7, 11) is 3.10. The van der Waals surface area contributed by atoms with Crippen LogP contribution in [0.2, 0.25) is 0 Å². The summed E-state index contributed by atoms with van der Waals surface area (Å²) in [5, 5.41) is 3.07. The molecular weight excluding hydrogens is 319 g/mol. The predicted molar refractivity (Wildman–Crippen MR) is 87.1 cm³/mol. The molecule has 1 heterocycles. The molecule has 0 atom stereocenters. The van der Waals surface area contributed by atoms with Gasteiger partial charge < -0.3 is 9.47 Å². The minimum absolute atomic E-state index is 0.230. The van der Waals surface area contributed by atoms with Gasteiger partial charge in [0.25, 0.3) is 5.91 Å². The van der Waals surface area contributed by atoms with E-state index in [0.29, 0.717) is 22.1 Å². The molecule has 5 nitrogen and oxygen atoms in total. The van der Waals surface area contributed by atoms with Crippen molar-refractivity contribution in [2.75, 3.05) is 19.5 Å². The van der Waals surface area contributed by atoms with Crippen molar-refractivity contribution in [3.8, 4) is 11.5 Å². The third-order valence-corrected chi connectivity index (χ3v) is 4.11. The van der Waals surface area contributed by atoms with E-state index in [2.05, 4.69) is 10.3 Å². The normalized spacial score (nSPS) is 10.6. The molecule has 0 unspecified atom stereocenters. The number of hydrogen-bond acceptors (Lipinski definition) is 5. The molecule has 1 aromatic heterocycles. The van der Waals surface area contributed by atoms with Crippen molar-refractivity contribution in [1.29, 1.82) is 0 Å². The zero-order chi connectivity index (χ0) is 16.4. The first-order chi connectivity index (χ1) is 11.1. The first-order valence-electron chi connectivity index (χ1n) is 6.70. The van der Waals surface area contributed by atoms with Gasteiger partial charge in [0, 0.05) is 11.6 Å². The van der Waals surface area contributed by atoms with Crippen LogP contribution in [0.15, 0.2) is 36.4 Å². The predicted octanol–water partition coefficient (Wildman–Crippen LogP) is 3.70. The topological polar surface area (TPSA) is 60.5 Å². The van der Waals surface area contributed by atoms with Crippen molar-refractivity contribution in [3.05, 3.63) is 47.8 Å². The van der Waals surface area contributed by atoms with Crippen LogP contribution in [0.25, 0.3) is 10.2 Å². The van der Waals surface area contributed by atoms with Crippen LogP contribution in [0.3, 0.4) is 0 Å². The van der Waals surface area contributed by atoms with Gasteiger partial charge in [0.2, 0.25) is 0 Å². The van der Waals surface area contributed by atoms with Gasteiger partial charge in [-0.1, -0.05) is 17.4 Å². The summed E-state index contributed by atoms with van der Waals surface area (Å²) in [5.41, 5.74) is 0.863. The number of carbonyl (C=O) groups is 1. The van der Waals surface area contributed by atoms with Gasteiger partial charge in [-0.15, -0.1) is 0 Å². The van der Waals surface area contributed by atoms with Gasteiger partial charge in [-0.05, 0) is 24.3 Å². The third kappa shape index (κ3) is 3.09. The van der Waals surface area contributed by atoms with Crippen molar-refractivity contribution in [2.45, 2.75) is 0 Å². The quantitative estimate of drug-likeness (QED) is 0.791. The molecule has 0 bridgehead atoms. The number of anilines is 1. The monoisotopic (exact) mass is 332 g/mol. The standard InChI is InChI=1S/C16H13FN2O3S/c1-21-11-7-12(22-2)14-13(8-11)23-16(18-14)19-15(20)9-4-3-5-10(17)6-9/h3-8H,1-2H3,(H,18,19,20). The minimum atomic E-state index is -0.464. The Kier molecular flexibility index (Phi) is 4.12. The van der Waals surface area contributed by atoms with Crippen LogP contribution in [0, 0.1) is 5.82 Å². The summed E-state index contributed by atoms with van der Waals surface area (Å²) in [6.07, 6.45) is 0. The fourth-order valence-corrected chi connectivity index (χ4v) is 3.01. The number of aromatic nitrogens is 1. The number of amides is 1. The fourth-order valence-electron chi connectivity index (χ4n) is 2.10. The van der Waals surface area contributed by atoms with Gasteiger partial charge in [0.15, 0.2) is 5.13 Å². The van der Waals surface area contributed by atoms with E-state index >= 15 is 0 Å². The molecule has 23 heavy (non-hydrogen) atoms. The lowest BCUT2D eigenvalue weighted by Gasteiger charge is -2.03. The molecule has 0 spiro atoms. The molecule has 1 amide bonds. The molecule has 7 heteroatoms. The number of ether oxygens (including phenoxy) is 2. The first kappa shape index (κ1) is 15.2. The van der Waals surface area contributed by atoms with E-state index in [1.54, 1.807) is 20.3 Å². The molecule has 0 fully saturated rings. The highest BCUT2D eigenvalue weighted by Gasteiger charge is 2.14. The molecule has 0 aliphatic carbocycles. The van der Waals surface area contributed by atoms with Crippen molar-refractivity contribution in [1.82, 2.24) is 4.98 Å². The number of carbonyl (C=O) groups excluding carboxylic acids is 1. The second-order valence-corrected chi connectivity index (χ2v) is 5.69. The SMILES string of the molecule is COc1cc(OC)c2nc(NC(=O)c3cccc(F)c3)sc2c1. The molecular formula is C16H13FN2O3S. The number of thiazole rings is 1. The zero-order valence-electron chi connectivity index (χ0n) is 12.4. The Morgan fingerprint density at radius 2 is 2.04 bits per heavy atom. The molecule has 0 radical (unpaired) electrons. The number of benzene rings is 2. The Balaban J connectivity index is 1.93. The molecule has 0 saturated carbocycles. The van der Waals surface area contributed by atoms with Crippen LogP contribution in [0.1, 0.15) is 10.4 Å². The Hall–Kier alpha value is -2.67. The maximum Gasteiger partial charge on any atom is 0.257 e. The molecule has 0 aliphatic heterocycles. The lowest BCUT2D eigenvalue weighted by atomic mass is 10.2. The summed E-state index contributed by atoms with van der Waals surface area (Å²) in [6.45, 7) is 0. The number of hydrogen-bond donors (Lipinski definition) is 1. The highest BCUT2D eigenvalue weighted by molar-refractivity contribution is 7.22. The van der Waals surface area contributed by atoms with E-state index in [1.165, 1.54) is 35.6 Å². The Labute approximate surface area is 135 Å². The van der Waals surface area contributed by atoms with Crippen molar-refractivity contribution < 1.29 is 18.7 Å². The van der Waals surface area contributed by atoms with Crippen LogP contribution in [0.5, 0.6) is 11.5 Å². The molecule has 2 aromatic carbocycles. The summed E-state index contributed by atoms with van der Waals surface area (Å²) in [4.78, 5) is 16.5. The summed E-state index contributed by atoms with van der Waals surface area (Å²) < 4.78 is 24.5. The molecule has 1 N–H and O–H groups in total. The minimum Gasteiger partial charge on any atom is -0.497 e. The molecule has 0 aliphatic rings. The second kappa shape index (κ2) is 6.21. The Bertz CT molecular complexity index is 879. The van der Waals surface area contributed by atoms with E-state index in [0.717, 1.165) is 4.70 Å². The summed E-state index contributed by atoms with van der Waals surface area (Å²) in [6, 6.07) is 9.01. The van der Waals surface area contributed by atoms with E-state index in [1.807, 2.05) is 6.07 Å². The van der Waals surface area contributed by atoms with Gasteiger partial charge in [0.1, 0.15) is 22.8 Å². The van der Waals surface area contributed by atoms with Crippen LogP contribution >= 0.6 is 11.3 Å². The fraction of sp³-hybridized carbons (Fsp3) is 0.125. The lowest BCUT2D eigenvalue weighted by molar-refractivity contribution is 0.102. The average Bonchev–Trinajstić information content (AvgIpc) is 2.95. The molecule has 118 valence electrons. The number of nitrogens with one attached hydrogen (secondary N) is 1. The summed E-state index contributed by atoms with van der Waals surface area (Å²) in [5.74, 6) is 0.311. The van der Waals surface area contributed by atoms with Crippen molar-refractivity contribution in [3.63, 3.8) is 0 Å². The molecule has 0 saturated heterocycles. The van der Waals surface area contributed by atoms with Crippen LogP contribution in [-0.4, -0.2) is 25.1 Å². The summed E-state index contributed by atoms with van der Waals surface area (Å²) >= 11 is 1.29. The molecule has 3 rings (SSSR count). The maximum atomic E-state index is 13.2. The van der Waals surface area contributed by atoms with Crippen LogP contribution in [-0.2, 0) is 0 Å².